The van der Waals surface area contributed by atoms with Crippen LogP contribution in [0.2, 0.25) is 10.0 Å². The maximum absolute atomic E-state index is 12.2. The average Bonchev–Trinajstić information content (AvgIpc) is 2.41. The number of alkyl halides is 1. The molecule has 0 saturated carbocycles. The molecular formula is C14H9Cl3O. The first kappa shape index (κ1) is 13.4. The molecule has 0 aliphatic rings. The van der Waals surface area contributed by atoms with E-state index in [1.54, 1.807) is 30.3 Å². The van der Waals surface area contributed by atoms with Gasteiger partial charge in [0.05, 0.1) is 10.0 Å². The smallest absolute Gasteiger partial charge is 0.186 e. The predicted octanol–water partition coefficient (Wildman–Crippen LogP) is 5.16. The molecule has 0 fully saturated rings. The van der Waals surface area contributed by atoms with Crippen molar-refractivity contribution < 1.29 is 4.79 Å². The SMILES string of the molecule is O=C(c1cccc(Cl)c1Cl)C(Cl)c1ccccc1. The van der Waals surface area contributed by atoms with E-state index >= 15 is 0 Å². The number of ketones is 1. The van der Waals surface area contributed by atoms with Gasteiger partial charge in [-0.3, -0.25) is 4.79 Å². The third-order valence-electron chi connectivity index (χ3n) is 2.54. The number of hydrogen-bond donors (Lipinski definition) is 0. The van der Waals surface area contributed by atoms with Crippen LogP contribution in [0.5, 0.6) is 0 Å². The second kappa shape index (κ2) is 5.75. The van der Waals surface area contributed by atoms with Crippen molar-refractivity contribution >= 4 is 40.6 Å². The predicted molar refractivity (Wildman–Crippen MR) is 75.8 cm³/mol. The molecule has 18 heavy (non-hydrogen) atoms. The Bertz CT molecular complexity index is 567. The summed E-state index contributed by atoms with van der Waals surface area (Å²) in [6.45, 7) is 0. The van der Waals surface area contributed by atoms with E-state index in [2.05, 4.69) is 0 Å². The number of hydrogen-bond acceptors (Lipinski definition) is 1. The zero-order valence-electron chi connectivity index (χ0n) is 9.24. The first-order valence-corrected chi connectivity index (χ1v) is 6.47. The van der Waals surface area contributed by atoms with E-state index in [4.69, 9.17) is 34.8 Å². The van der Waals surface area contributed by atoms with Crippen LogP contribution < -0.4 is 0 Å². The number of rotatable bonds is 3. The number of halogens is 3. The molecule has 92 valence electrons. The van der Waals surface area contributed by atoms with E-state index in [1.807, 2.05) is 18.2 Å². The molecule has 1 atom stereocenters. The number of benzene rings is 2. The minimum Gasteiger partial charge on any atom is -0.292 e. The Kier molecular flexibility index (Phi) is 4.28. The van der Waals surface area contributed by atoms with E-state index in [-0.39, 0.29) is 10.8 Å². The minimum atomic E-state index is -0.762. The van der Waals surface area contributed by atoms with Gasteiger partial charge in [-0.1, -0.05) is 59.6 Å². The summed E-state index contributed by atoms with van der Waals surface area (Å²) < 4.78 is 0. The molecule has 0 heterocycles. The van der Waals surface area contributed by atoms with Gasteiger partial charge in [0.1, 0.15) is 5.38 Å². The third kappa shape index (κ3) is 2.69. The van der Waals surface area contributed by atoms with Crippen LogP contribution in [0.1, 0.15) is 21.3 Å². The van der Waals surface area contributed by atoms with E-state index in [0.29, 0.717) is 10.6 Å². The molecule has 0 N–H and O–H groups in total. The Labute approximate surface area is 120 Å². The van der Waals surface area contributed by atoms with Gasteiger partial charge in [-0.25, -0.2) is 0 Å². The molecule has 0 aliphatic heterocycles. The molecule has 0 aliphatic carbocycles. The molecule has 2 aromatic rings. The van der Waals surface area contributed by atoms with Crippen molar-refractivity contribution in [1.29, 1.82) is 0 Å². The molecule has 0 spiro atoms. The average molecular weight is 300 g/mol. The number of carbonyl (C=O) groups excluding carboxylic acids is 1. The molecule has 4 heteroatoms. The molecule has 2 rings (SSSR count). The first-order valence-electron chi connectivity index (χ1n) is 5.28. The largest absolute Gasteiger partial charge is 0.292 e. The summed E-state index contributed by atoms with van der Waals surface area (Å²) >= 11 is 18.1. The van der Waals surface area contributed by atoms with Crippen LogP contribution in [-0.2, 0) is 0 Å². The van der Waals surface area contributed by atoms with Crippen molar-refractivity contribution in [3.8, 4) is 0 Å². The zero-order chi connectivity index (χ0) is 13.1. The Morgan fingerprint density at radius 3 is 2.28 bits per heavy atom. The highest BCUT2D eigenvalue weighted by Gasteiger charge is 2.22. The molecule has 0 bridgehead atoms. The van der Waals surface area contributed by atoms with Crippen molar-refractivity contribution in [3.05, 3.63) is 69.7 Å². The summed E-state index contributed by atoms with van der Waals surface area (Å²) in [6, 6.07) is 14.1. The normalized spacial score (nSPS) is 12.2. The fourth-order valence-electron chi connectivity index (χ4n) is 1.60. The highest BCUT2D eigenvalue weighted by molar-refractivity contribution is 6.45. The summed E-state index contributed by atoms with van der Waals surface area (Å²) in [6.07, 6.45) is 0. The number of Topliss-reactive ketones (excluding diaryl/α,β-unsaturated/α-hetero) is 1. The maximum atomic E-state index is 12.2. The van der Waals surface area contributed by atoms with Crippen LogP contribution in [-0.4, -0.2) is 5.78 Å². The van der Waals surface area contributed by atoms with Crippen molar-refractivity contribution in [3.63, 3.8) is 0 Å². The van der Waals surface area contributed by atoms with Crippen molar-refractivity contribution in [2.45, 2.75) is 5.38 Å². The summed E-state index contributed by atoms with van der Waals surface area (Å²) in [5.74, 6) is -0.254. The highest BCUT2D eigenvalue weighted by atomic mass is 35.5. The molecular weight excluding hydrogens is 291 g/mol. The topological polar surface area (TPSA) is 17.1 Å². The van der Waals surface area contributed by atoms with Gasteiger partial charge in [0.15, 0.2) is 5.78 Å². The zero-order valence-corrected chi connectivity index (χ0v) is 11.5. The Morgan fingerprint density at radius 1 is 0.944 bits per heavy atom. The molecule has 0 saturated heterocycles. The standard InChI is InChI=1S/C14H9Cl3O/c15-11-8-4-7-10(13(11)17)14(18)12(16)9-5-2-1-3-6-9/h1-8,12H. The van der Waals surface area contributed by atoms with Crippen LogP contribution in [0.3, 0.4) is 0 Å². The molecule has 1 unspecified atom stereocenters. The monoisotopic (exact) mass is 298 g/mol. The van der Waals surface area contributed by atoms with Crippen LogP contribution >= 0.6 is 34.8 Å². The van der Waals surface area contributed by atoms with Crippen molar-refractivity contribution in [2.24, 2.45) is 0 Å². The summed E-state index contributed by atoms with van der Waals surface area (Å²) in [7, 11) is 0. The molecule has 0 radical (unpaired) electrons. The van der Waals surface area contributed by atoms with Gasteiger partial charge in [0.25, 0.3) is 0 Å². The van der Waals surface area contributed by atoms with E-state index in [1.165, 1.54) is 0 Å². The first-order chi connectivity index (χ1) is 8.61. The van der Waals surface area contributed by atoms with Gasteiger partial charge in [0.2, 0.25) is 0 Å². The van der Waals surface area contributed by atoms with Gasteiger partial charge in [-0.05, 0) is 17.7 Å². The van der Waals surface area contributed by atoms with Crippen LogP contribution in [0, 0.1) is 0 Å². The van der Waals surface area contributed by atoms with E-state index in [0.717, 1.165) is 5.56 Å². The Hall–Kier alpha value is -1.02. The summed E-state index contributed by atoms with van der Waals surface area (Å²) in [4.78, 5) is 12.2. The number of carbonyl (C=O) groups is 1. The fourth-order valence-corrected chi connectivity index (χ4v) is 2.26. The van der Waals surface area contributed by atoms with Gasteiger partial charge < -0.3 is 0 Å². The molecule has 0 amide bonds. The maximum Gasteiger partial charge on any atom is 0.186 e. The van der Waals surface area contributed by atoms with Crippen molar-refractivity contribution in [1.82, 2.24) is 0 Å². The van der Waals surface area contributed by atoms with Gasteiger partial charge in [-0.15, -0.1) is 11.6 Å². The lowest BCUT2D eigenvalue weighted by Gasteiger charge is -2.10. The summed E-state index contributed by atoms with van der Waals surface area (Å²) in [5.41, 5.74) is 1.08. The Balaban J connectivity index is 2.35. The van der Waals surface area contributed by atoms with Crippen LogP contribution in [0.25, 0.3) is 0 Å². The van der Waals surface area contributed by atoms with E-state index in [9.17, 15) is 4.79 Å². The fraction of sp³-hybridized carbons (Fsp3) is 0.0714. The lowest BCUT2D eigenvalue weighted by atomic mass is 10.0. The van der Waals surface area contributed by atoms with Gasteiger partial charge >= 0.3 is 0 Å². The quantitative estimate of drug-likeness (QED) is 0.565. The lowest BCUT2D eigenvalue weighted by Crippen LogP contribution is -2.08. The second-order valence-electron chi connectivity index (χ2n) is 3.74. The van der Waals surface area contributed by atoms with Crippen molar-refractivity contribution in [2.75, 3.05) is 0 Å². The lowest BCUT2D eigenvalue weighted by molar-refractivity contribution is 0.0987. The Morgan fingerprint density at radius 2 is 1.61 bits per heavy atom. The molecule has 2 aromatic carbocycles. The third-order valence-corrected chi connectivity index (χ3v) is 3.81. The van der Waals surface area contributed by atoms with Gasteiger partial charge in [-0.2, -0.15) is 0 Å². The van der Waals surface area contributed by atoms with E-state index < -0.39 is 5.38 Å². The van der Waals surface area contributed by atoms with Gasteiger partial charge in [0, 0.05) is 5.56 Å². The summed E-state index contributed by atoms with van der Waals surface area (Å²) in [5, 5.41) is -0.174. The molecule has 1 nitrogen and oxygen atoms in total. The molecule has 0 aromatic heterocycles. The highest BCUT2D eigenvalue weighted by Crippen LogP contribution is 2.31. The van der Waals surface area contributed by atoms with Crippen LogP contribution in [0.4, 0.5) is 0 Å². The van der Waals surface area contributed by atoms with Crippen LogP contribution in [0.15, 0.2) is 48.5 Å². The second-order valence-corrected chi connectivity index (χ2v) is 4.96. The minimum absolute atomic E-state index is 0.241.